The molecule has 0 aromatic rings. The van der Waals surface area contributed by atoms with Crippen molar-refractivity contribution < 1.29 is 18.0 Å². The molecule has 2 unspecified atom stereocenters. The fourth-order valence-corrected chi connectivity index (χ4v) is 1.63. The van der Waals surface area contributed by atoms with Crippen molar-refractivity contribution in [1.29, 1.82) is 0 Å². The lowest BCUT2D eigenvalue weighted by molar-refractivity contribution is -0.140. The lowest BCUT2D eigenvalue weighted by atomic mass is 10.0. The molecule has 0 saturated heterocycles. The van der Waals surface area contributed by atoms with E-state index in [2.05, 4.69) is 0 Å². The van der Waals surface area contributed by atoms with Gasteiger partial charge in [0, 0.05) is 6.04 Å². The lowest BCUT2D eigenvalue weighted by Crippen LogP contribution is -2.42. The highest BCUT2D eigenvalue weighted by Crippen LogP contribution is 2.24. The van der Waals surface area contributed by atoms with Crippen molar-refractivity contribution in [2.24, 2.45) is 11.7 Å². The van der Waals surface area contributed by atoms with Crippen LogP contribution in [0.5, 0.6) is 0 Å². The van der Waals surface area contributed by atoms with E-state index in [4.69, 9.17) is 5.73 Å². The molecule has 3 N–H and O–H groups in total. The number of alkyl halides is 3. The minimum atomic E-state index is -4.35. The zero-order valence-electron chi connectivity index (χ0n) is 7.60. The Bertz CT molecular complexity index is 217. The molecule has 0 aromatic heterocycles. The average Bonchev–Trinajstić information content (AvgIpc) is 2.46. The molecule has 0 radical (unpaired) electrons. The van der Waals surface area contributed by atoms with Crippen molar-refractivity contribution in [2.45, 2.75) is 31.5 Å². The Labute approximate surface area is 79.8 Å². The van der Waals surface area contributed by atoms with E-state index in [0.29, 0.717) is 12.8 Å². The van der Waals surface area contributed by atoms with Gasteiger partial charge in [0.1, 0.15) is 6.54 Å². The first-order valence-electron chi connectivity index (χ1n) is 4.50. The van der Waals surface area contributed by atoms with Gasteiger partial charge in [-0.15, -0.1) is 0 Å². The molecule has 6 heteroatoms. The minimum absolute atomic E-state index is 0.289. The maximum atomic E-state index is 11.8. The first-order chi connectivity index (χ1) is 6.40. The second kappa shape index (κ2) is 4.16. The quantitative estimate of drug-likeness (QED) is 0.708. The average molecular weight is 210 g/mol. The molecule has 1 rings (SSSR count). The molecule has 0 aliphatic heterocycles. The van der Waals surface area contributed by atoms with Crippen molar-refractivity contribution in [3.8, 4) is 0 Å². The molecule has 1 aliphatic rings. The van der Waals surface area contributed by atoms with Crippen molar-refractivity contribution in [3.05, 3.63) is 0 Å². The molecular weight excluding hydrogens is 197 g/mol. The number of carbonyl (C=O) groups is 1. The molecule has 0 aromatic carbocycles. The molecule has 0 bridgehead atoms. The van der Waals surface area contributed by atoms with Crippen LogP contribution in [0.3, 0.4) is 0 Å². The van der Waals surface area contributed by atoms with Crippen LogP contribution in [0, 0.1) is 5.92 Å². The fourth-order valence-electron chi connectivity index (χ4n) is 1.63. The Morgan fingerprint density at radius 3 is 2.50 bits per heavy atom. The maximum Gasteiger partial charge on any atom is 0.405 e. The normalized spacial score (nSPS) is 27.7. The number of carbonyl (C=O) groups excluding carboxylic acids is 1. The van der Waals surface area contributed by atoms with Crippen LogP contribution >= 0.6 is 0 Å². The number of halogens is 3. The van der Waals surface area contributed by atoms with Gasteiger partial charge in [-0.2, -0.15) is 13.2 Å². The Morgan fingerprint density at radius 2 is 2.07 bits per heavy atom. The van der Waals surface area contributed by atoms with Crippen molar-refractivity contribution in [1.82, 2.24) is 5.32 Å². The highest BCUT2D eigenvalue weighted by molar-refractivity contribution is 5.79. The summed E-state index contributed by atoms with van der Waals surface area (Å²) < 4.78 is 35.3. The summed E-state index contributed by atoms with van der Waals surface area (Å²) in [6.45, 7) is -1.27. The number of nitrogens with two attached hydrogens (primary N) is 1. The molecule has 1 fully saturated rings. The third-order valence-corrected chi connectivity index (χ3v) is 2.37. The summed E-state index contributed by atoms with van der Waals surface area (Å²) in [5.74, 6) is -1.02. The van der Waals surface area contributed by atoms with Crippen LogP contribution in [0.4, 0.5) is 13.2 Å². The van der Waals surface area contributed by atoms with E-state index >= 15 is 0 Å². The molecule has 0 heterocycles. The minimum Gasteiger partial charge on any atom is -0.347 e. The smallest absolute Gasteiger partial charge is 0.347 e. The summed E-state index contributed by atoms with van der Waals surface area (Å²) in [4.78, 5) is 11.2. The van der Waals surface area contributed by atoms with Gasteiger partial charge in [-0.05, 0) is 12.8 Å². The van der Waals surface area contributed by atoms with E-state index < -0.39 is 24.5 Å². The zero-order chi connectivity index (χ0) is 10.8. The van der Waals surface area contributed by atoms with Gasteiger partial charge in [0.25, 0.3) is 0 Å². The van der Waals surface area contributed by atoms with Crippen molar-refractivity contribution >= 4 is 5.91 Å². The Hall–Kier alpha value is -0.780. The number of nitrogens with one attached hydrogen (secondary N) is 1. The number of hydrogen-bond acceptors (Lipinski definition) is 2. The van der Waals surface area contributed by atoms with Crippen LogP contribution in [0.2, 0.25) is 0 Å². The van der Waals surface area contributed by atoms with Crippen LogP contribution in [0.1, 0.15) is 19.3 Å². The molecule has 1 saturated carbocycles. The molecule has 14 heavy (non-hydrogen) atoms. The van der Waals surface area contributed by atoms with E-state index in [0.717, 1.165) is 6.42 Å². The third kappa shape index (κ3) is 3.17. The van der Waals surface area contributed by atoms with Gasteiger partial charge in [-0.1, -0.05) is 6.42 Å². The summed E-state index contributed by atoms with van der Waals surface area (Å²) in [6.07, 6.45) is -2.24. The molecule has 3 nitrogen and oxygen atoms in total. The highest BCUT2D eigenvalue weighted by Gasteiger charge is 2.33. The summed E-state index contributed by atoms with van der Waals surface area (Å²) in [5, 5.41) is 1.85. The number of hydrogen-bond donors (Lipinski definition) is 2. The predicted octanol–water partition coefficient (Wildman–Crippen LogP) is 0.792. The van der Waals surface area contributed by atoms with Gasteiger partial charge in [0.2, 0.25) is 5.91 Å². The van der Waals surface area contributed by atoms with Gasteiger partial charge in [-0.25, -0.2) is 0 Å². The molecule has 0 spiro atoms. The second-order valence-corrected chi connectivity index (χ2v) is 3.53. The SMILES string of the molecule is NC1CCCC1C(=O)NCC(F)(F)F. The highest BCUT2D eigenvalue weighted by atomic mass is 19.4. The van der Waals surface area contributed by atoms with Gasteiger partial charge in [0.15, 0.2) is 0 Å². The number of amides is 1. The van der Waals surface area contributed by atoms with E-state index in [1.54, 1.807) is 0 Å². The second-order valence-electron chi connectivity index (χ2n) is 3.53. The van der Waals surface area contributed by atoms with Crippen molar-refractivity contribution in [2.75, 3.05) is 6.54 Å². The van der Waals surface area contributed by atoms with Gasteiger partial charge < -0.3 is 11.1 Å². The van der Waals surface area contributed by atoms with E-state index in [1.165, 1.54) is 0 Å². The van der Waals surface area contributed by atoms with Gasteiger partial charge in [-0.3, -0.25) is 4.79 Å². The standard InChI is InChI=1S/C8H13F3N2O/c9-8(10,11)4-13-7(14)5-2-1-3-6(5)12/h5-6H,1-4,12H2,(H,13,14). The van der Waals surface area contributed by atoms with Gasteiger partial charge >= 0.3 is 6.18 Å². The summed E-state index contributed by atoms with van der Waals surface area (Å²) >= 11 is 0. The molecule has 2 atom stereocenters. The van der Waals surface area contributed by atoms with Crippen LogP contribution in [0.15, 0.2) is 0 Å². The number of rotatable bonds is 2. The van der Waals surface area contributed by atoms with Crippen LogP contribution in [-0.2, 0) is 4.79 Å². The largest absolute Gasteiger partial charge is 0.405 e. The maximum absolute atomic E-state index is 11.8. The summed E-state index contributed by atoms with van der Waals surface area (Å²) in [5.41, 5.74) is 5.58. The molecule has 1 aliphatic carbocycles. The molecular formula is C8H13F3N2O. The Kier molecular flexibility index (Phi) is 3.36. The van der Waals surface area contributed by atoms with Crippen LogP contribution < -0.4 is 11.1 Å². The van der Waals surface area contributed by atoms with Crippen LogP contribution in [0.25, 0.3) is 0 Å². The van der Waals surface area contributed by atoms with Gasteiger partial charge in [0.05, 0.1) is 5.92 Å². The third-order valence-electron chi connectivity index (χ3n) is 2.37. The Morgan fingerprint density at radius 1 is 1.43 bits per heavy atom. The van der Waals surface area contributed by atoms with E-state index in [1.807, 2.05) is 5.32 Å². The Balaban J connectivity index is 2.35. The van der Waals surface area contributed by atoms with Crippen molar-refractivity contribution in [3.63, 3.8) is 0 Å². The molecule has 82 valence electrons. The summed E-state index contributed by atoms with van der Waals surface area (Å²) in [6, 6.07) is -0.289. The van der Waals surface area contributed by atoms with Crippen LogP contribution in [-0.4, -0.2) is 24.7 Å². The first-order valence-corrected chi connectivity index (χ1v) is 4.50. The summed E-state index contributed by atoms with van der Waals surface area (Å²) in [7, 11) is 0. The molecule has 1 amide bonds. The van der Waals surface area contributed by atoms with E-state index in [-0.39, 0.29) is 6.04 Å². The lowest BCUT2D eigenvalue weighted by Gasteiger charge is -2.15. The monoisotopic (exact) mass is 210 g/mol. The predicted molar refractivity (Wildman–Crippen MR) is 44.4 cm³/mol. The van der Waals surface area contributed by atoms with E-state index in [9.17, 15) is 18.0 Å². The first kappa shape index (κ1) is 11.3. The zero-order valence-corrected chi connectivity index (χ0v) is 7.60. The topological polar surface area (TPSA) is 55.1 Å². The fraction of sp³-hybridized carbons (Fsp3) is 0.875.